The van der Waals surface area contributed by atoms with Crippen molar-refractivity contribution < 1.29 is 9.18 Å². The molecule has 0 atom stereocenters. The first kappa shape index (κ1) is 23.3. The molecule has 188 valence electrons. The molecule has 0 saturated heterocycles. The van der Waals surface area contributed by atoms with Crippen molar-refractivity contribution in [3.05, 3.63) is 67.3 Å². The van der Waals surface area contributed by atoms with E-state index >= 15 is 4.39 Å². The van der Waals surface area contributed by atoms with Gasteiger partial charge in [-0.25, -0.2) is 14.4 Å². The summed E-state index contributed by atoms with van der Waals surface area (Å²) < 4.78 is 16.0. The highest BCUT2D eigenvalue weighted by atomic mass is 19.1. The van der Waals surface area contributed by atoms with Crippen molar-refractivity contribution >= 4 is 33.7 Å². The van der Waals surface area contributed by atoms with E-state index < -0.39 is 11.2 Å². The SMILES string of the molecule is CC(C)(C)C(=O)Nc1cncc(-c2ncc3[nH]nc(-c4nc5nccc(-c6ccncc6)c5[nH]4)c3c2F)c1. The van der Waals surface area contributed by atoms with E-state index in [2.05, 4.69) is 45.4 Å². The van der Waals surface area contributed by atoms with Gasteiger partial charge in [0.2, 0.25) is 5.91 Å². The van der Waals surface area contributed by atoms with Crippen LogP contribution in [0.5, 0.6) is 0 Å². The number of H-pyrrole nitrogens is 2. The number of imidazole rings is 1. The molecule has 0 fully saturated rings. The number of rotatable bonds is 4. The van der Waals surface area contributed by atoms with Gasteiger partial charge in [-0.1, -0.05) is 20.8 Å². The van der Waals surface area contributed by atoms with Crippen LogP contribution >= 0.6 is 0 Å². The number of nitrogens with one attached hydrogen (secondary N) is 3. The minimum atomic E-state index is -0.594. The van der Waals surface area contributed by atoms with E-state index in [9.17, 15) is 4.79 Å². The van der Waals surface area contributed by atoms with E-state index in [1.54, 1.807) is 24.7 Å². The molecule has 1 amide bonds. The van der Waals surface area contributed by atoms with Gasteiger partial charge in [0, 0.05) is 41.3 Å². The molecule has 0 radical (unpaired) electrons. The van der Waals surface area contributed by atoms with E-state index in [4.69, 9.17) is 0 Å². The van der Waals surface area contributed by atoms with E-state index in [0.29, 0.717) is 39.4 Å². The first-order valence-electron chi connectivity index (χ1n) is 11.8. The maximum atomic E-state index is 16.0. The summed E-state index contributed by atoms with van der Waals surface area (Å²) in [6.45, 7) is 5.42. The number of amides is 1. The maximum Gasteiger partial charge on any atom is 0.229 e. The fourth-order valence-electron chi connectivity index (χ4n) is 4.10. The lowest BCUT2D eigenvalue weighted by Crippen LogP contribution is -2.27. The van der Waals surface area contributed by atoms with Gasteiger partial charge in [0.1, 0.15) is 11.4 Å². The Labute approximate surface area is 215 Å². The summed E-state index contributed by atoms with van der Waals surface area (Å²) in [5.74, 6) is -0.405. The van der Waals surface area contributed by atoms with Gasteiger partial charge in [0.25, 0.3) is 0 Å². The predicted octanol–water partition coefficient (Wildman–Crippen LogP) is 5.14. The zero-order valence-corrected chi connectivity index (χ0v) is 20.7. The number of aromatic nitrogens is 8. The largest absolute Gasteiger partial charge is 0.335 e. The van der Waals surface area contributed by atoms with Gasteiger partial charge in [-0.15, -0.1) is 0 Å². The second-order valence-corrected chi connectivity index (χ2v) is 9.83. The molecule has 0 bridgehead atoms. The Balaban J connectivity index is 1.44. The Kier molecular flexibility index (Phi) is 5.41. The molecule has 6 heterocycles. The Bertz CT molecular complexity index is 1820. The normalized spacial score (nSPS) is 11.8. The van der Waals surface area contributed by atoms with Crippen molar-refractivity contribution in [2.75, 3.05) is 5.32 Å². The highest BCUT2D eigenvalue weighted by molar-refractivity contribution is 5.98. The molecule has 0 saturated carbocycles. The summed E-state index contributed by atoms with van der Waals surface area (Å²) in [5.41, 5.74) is 4.06. The number of carbonyl (C=O) groups excluding carboxylic acids is 1. The number of hydrogen-bond acceptors (Lipinski definition) is 7. The predicted molar refractivity (Wildman–Crippen MR) is 141 cm³/mol. The second-order valence-electron chi connectivity index (χ2n) is 9.83. The van der Waals surface area contributed by atoms with Crippen LogP contribution in [0.4, 0.5) is 10.1 Å². The summed E-state index contributed by atoms with van der Waals surface area (Å²) in [6, 6.07) is 7.30. The number of hydrogen-bond donors (Lipinski definition) is 3. The third kappa shape index (κ3) is 4.03. The smallest absolute Gasteiger partial charge is 0.229 e. The fourth-order valence-corrected chi connectivity index (χ4v) is 4.10. The summed E-state index contributed by atoms with van der Waals surface area (Å²) in [5, 5.41) is 10.2. The van der Waals surface area contributed by atoms with E-state index in [1.165, 1.54) is 18.6 Å². The van der Waals surface area contributed by atoms with Crippen molar-refractivity contribution in [2.45, 2.75) is 20.8 Å². The van der Waals surface area contributed by atoms with Crippen LogP contribution in [-0.4, -0.2) is 46.0 Å². The molecule has 0 aliphatic heterocycles. The van der Waals surface area contributed by atoms with Gasteiger partial charge in [-0.3, -0.25) is 24.8 Å². The highest BCUT2D eigenvalue weighted by Gasteiger charge is 2.23. The number of nitrogens with zero attached hydrogens (tertiary/aromatic N) is 6. The van der Waals surface area contributed by atoms with Gasteiger partial charge in [-0.2, -0.15) is 5.10 Å². The average molecular weight is 508 g/mol. The molecule has 0 aliphatic rings. The maximum absolute atomic E-state index is 16.0. The number of fused-ring (bicyclic) bond motifs is 2. The van der Waals surface area contributed by atoms with Crippen LogP contribution in [0.15, 0.2) is 61.4 Å². The van der Waals surface area contributed by atoms with Crippen LogP contribution in [0.25, 0.3) is 56.0 Å². The molecule has 6 aromatic rings. The summed E-state index contributed by atoms with van der Waals surface area (Å²) >= 11 is 0. The minimum absolute atomic E-state index is 0.0752. The Hall–Kier alpha value is -5.06. The molecular formula is C27H22FN9O. The van der Waals surface area contributed by atoms with Crippen molar-refractivity contribution in [2.24, 2.45) is 5.41 Å². The van der Waals surface area contributed by atoms with Crippen LogP contribution < -0.4 is 5.32 Å². The molecule has 0 aromatic carbocycles. The lowest BCUT2D eigenvalue weighted by molar-refractivity contribution is -0.123. The lowest BCUT2D eigenvalue weighted by atomic mass is 9.95. The topological polar surface area (TPSA) is 138 Å². The van der Waals surface area contributed by atoms with Crippen molar-refractivity contribution in [1.29, 1.82) is 0 Å². The second kappa shape index (κ2) is 8.80. The molecule has 0 aliphatic carbocycles. The van der Waals surface area contributed by atoms with Crippen molar-refractivity contribution in [3.8, 4) is 33.9 Å². The molecule has 38 heavy (non-hydrogen) atoms. The van der Waals surface area contributed by atoms with Crippen LogP contribution in [0.1, 0.15) is 20.8 Å². The average Bonchev–Trinajstić information content (AvgIpc) is 3.54. The van der Waals surface area contributed by atoms with E-state index in [-0.39, 0.29) is 17.0 Å². The van der Waals surface area contributed by atoms with Gasteiger partial charge < -0.3 is 10.3 Å². The lowest BCUT2D eigenvalue weighted by Gasteiger charge is -2.17. The summed E-state index contributed by atoms with van der Waals surface area (Å²) in [6.07, 6.45) is 9.61. The Morgan fingerprint density at radius 3 is 2.55 bits per heavy atom. The molecule has 6 rings (SSSR count). The van der Waals surface area contributed by atoms with Gasteiger partial charge in [0.15, 0.2) is 17.3 Å². The Morgan fingerprint density at radius 2 is 1.76 bits per heavy atom. The number of pyridine rings is 4. The van der Waals surface area contributed by atoms with Crippen LogP contribution in [0, 0.1) is 11.2 Å². The van der Waals surface area contributed by atoms with Gasteiger partial charge in [0.05, 0.1) is 34.5 Å². The molecular weight excluding hydrogens is 485 g/mol. The minimum Gasteiger partial charge on any atom is -0.335 e. The zero-order chi connectivity index (χ0) is 26.4. The quantitative estimate of drug-likeness (QED) is 0.300. The molecule has 6 aromatic heterocycles. The van der Waals surface area contributed by atoms with E-state index in [1.807, 2.05) is 39.0 Å². The fraction of sp³-hybridized carbons (Fsp3) is 0.148. The summed E-state index contributed by atoms with van der Waals surface area (Å²) in [4.78, 5) is 37.2. The van der Waals surface area contributed by atoms with E-state index in [0.717, 1.165) is 11.1 Å². The van der Waals surface area contributed by atoms with Gasteiger partial charge >= 0.3 is 0 Å². The number of anilines is 1. The van der Waals surface area contributed by atoms with Crippen LogP contribution in [0.3, 0.4) is 0 Å². The molecule has 3 N–H and O–H groups in total. The number of halogens is 1. The molecule has 10 nitrogen and oxygen atoms in total. The first-order valence-corrected chi connectivity index (χ1v) is 11.8. The third-order valence-corrected chi connectivity index (χ3v) is 6.10. The van der Waals surface area contributed by atoms with Crippen LogP contribution in [0.2, 0.25) is 0 Å². The molecule has 11 heteroatoms. The molecule has 0 spiro atoms. The van der Waals surface area contributed by atoms with Gasteiger partial charge in [-0.05, 0) is 29.8 Å². The first-order chi connectivity index (χ1) is 18.3. The number of carbonyl (C=O) groups is 1. The zero-order valence-electron chi connectivity index (χ0n) is 20.7. The number of aromatic amines is 2. The summed E-state index contributed by atoms with van der Waals surface area (Å²) in [7, 11) is 0. The standard InChI is InChI=1S/C27H22FN9O/c1-27(2,3)26(38)33-16-10-15(11-30-12-16)21-20(28)19-18(13-32-21)36-37-23(19)25-34-22-17(6-9-31-24(22)35-25)14-4-7-29-8-5-14/h4-13H,1-3H3,(H,33,38)(H,36,37)(H,31,34,35). The van der Waals surface area contributed by atoms with Crippen LogP contribution in [-0.2, 0) is 4.79 Å². The monoisotopic (exact) mass is 507 g/mol. The highest BCUT2D eigenvalue weighted by Crippen LogP contribution is 2.34. The van der Waals surface area contributed by atoms with Crippen molar-refractivity contribution in [1.82, 2.24) is 40.1 Å². The van der Waals surface area contributed by atoms with Crippen molar-refractivity contribution in [3.63, 3.8) is 0 Å². The molecule has 0 unspecified atom stereocenters. The third-order valence-electron chi connectivity index (χ3n) is 6.10. The Morgan fingerprint density at radius 1 is 0.947 bits per heavy atom.